The van der Waals surface area contributed by atoms with Gasteiger partial charge in [0.15, 0.2) is 11.5 Å². The van der Waals surface area contributed by atoms with Crippen molar-refractivity contribution in [1.82, 2.24) is 9.80 Å². The molecule has 1 aromatic carbocycles. The van der Waals surface area contributed by atoms with Gasteiger partial charge in [-0.1, -0.05) is 50.6 Å². The van der Waals surface area contributed by atoms with Gasteiger partial charge < -0.3 is 14.9 Å². The Kier molecular flexibility index (Phi) is 5.77. The van der Waals surface area contributed by atoms with Crippen LogP contribution in [-0.2, 0) is 9.59 Å². The number of piperidine rings is 1. The van der Waals surface area contributed by atoms with Gasteiger partial charge in [0.1, 0.15) is 0 Å². The molecule has 2 aliphatic heterocycles. The summed E-state index contributed by atoms with van der Waals surface area (Å²) in [6.07, 6.45) is 3.65. The molecular weight excluding hydrogens is 328 g/mol. The van der Waals surface area contributed by atoms with Gasteiger partial charge in [-0.05, 0) is 31.5 Å². The second-order valence-electron chi connectivity index (χ2n) is 7.50. The van der Waals surface area contributed by atoms with Gasteiger partial charge in [0.2, 0.25) is 0 Å². The maximum Gasteiger partial charge on any atom is 0.290 e. The van der Waals surface area contributed by atoms with E-state index in [0.717, 1.165) is 25.2 Å². The third-order valence-electron chi connectivity index (χ3n) is 5.31. The molecule has 1 fully saturated rings. The Morgan fingerprint density at radius 2 is 1.77 bits per heavy atom. The number of likely N-dealkylation sites (tertiary alicyclic amines) is 1. The molecule has 1 N–H and O–H groups in total. The molecule has 0 radical (unpaired) electrons. The average Bonchev–Trinajstić information content (AvgIpc) is 2.91. The normalized spacial score (nSPS) is 21.7. The van der Waals surface area contributed by atoms with Crippen molar-refractivity contribution in [3.63, 3.8) is 0 Å². The Morgan fingerprint density at radius 3 is 2.38 bits per heavy atom. The number of benzene rings is 1. The van der Waals surface area contributed by atoms with E-state index in [1.54, 1.807) is 18.7 Å². The van der Waals surface area contributed by atoms with Crippen molar-refractivity contribution in [3.8, 4) is 0 Å². The smallest absolute Gasteiger partial charge is 0.290 e. The molecule has 2 heterocycles. The van der Waals surface area contributed by atoms with Crippen LogP contribution in [-0.4, -0.2) is 52.8 Å². The summed E-state index contributed by atoms with van der Waals surface area (Å²) < 4.78 is 0. The molecule has 5 heteroatoms. The first-order valence-corrected chi connectivity index (χ1v) is 9.56. The molecule has 1 unspecified atom stereocenters. The predicted octanol–water partition coefficient (Wildman–Crippen LogP) is 3.09. The molecule has 1 atom stereocenters. The van der Waals surface area contributed by atoms with Gasteiger partial charge in [-0.25, -0.2) is 0 Å². The molecule has 1 amide bonds. The van der Waals surface area contributed by atoms with Crippen LogP contribution in [0.4, 0.5) is 0 Å². The number of carbonyl (C=O) groups excluding carboxylic acids is 2. The number of Topliss-reactive ketones (excluding diaryl/α,β-unsaturated/α-hetero) is 1. The Bertz CT molecular complexity index is 690. The lowest BCUT2D eigenvalue weighted by molar-refractivity contribution is -0.129. The van der Waals surface area contributed by atoms with Gasteiger partial charge >= 0.3 is 0 Å². The van der Waals surface area contributed by atoms with Crippen LogP contribution in [0.15, 0.2) is 41.7 Å². The van der Waals surface area contributed by atoms with Crippen molar-refractivity contribution in [2.45, 2.75) is 39.2 Å². The van der Waals surface area contributed by atoms with Crippen LogP contribution in [0, 0.1) is 5.92 Å². The zero-order valence-corrected chi connectivity index (χ0v) is 15.6. The van der Waals surface area contributed by atoms with Crippen LogP contribution < -0.4 is 0 Å². The minimum atomic E-state index is -0.497. The lowest BCUT2D eigenvalue weighted by Crippen LogP contribution is -2.40. The first kappa shape index (κ1) is 18.6. The Morgan fingerprint density at radius 1 is 1.12 bits per heavy atom. The maximum absolute atomic E-state index is 12.7. The summed E-state index contributed by atoms with van der Waals surface area (Å²) in [7, 11) is 0. The highest BCUT2D eigenvalue weighted by molar-refractivity contribution is 6.09. The van der Waals surface area contributed by atoms with Crippen LogP contribution in [0.5, 0.6) is 0 Å². The van der Waals surface area contributed by atoms with Gasteiger partial charge in [-0.2, -0.15) is 0 Å². The van der Waals surface area contributed by atoms with E-state index < -0.39 is 11.9 Å². The second-order valence-corrected chi connectivity index (χ2v) is 7.50. The van der Waals surface area contributed by atoms with Crippen molar-refractivity contribution in [1.29, 1.82) is 0 Å². The van der Waals surface area contributed by atoms with Crippen molar-refractivity contribution >= 4 is 11.7 Å². The quantitative estimate of drug-likeness (QED) is 0.851. The van der Waals surface area contributed by atoms with E-state index in [1.807, 2.05) is 30.3 Å². The van der Waals surface area contributed by atoms with Crippen molar-refractivity contribution < 1.29 is 14.7 Å². The number of nitrogens with zero attached hydrogens (tertiary/aromatic N) is 2. The van der Waals surface area contributed by atoms with E-state index in [-0.39, 0.29) is 23.0 Å². The van der Waals surface area contributed by atoms with Crippen LogP contribution >= 0.6 is 0 Å². The monoisotopic (exact) mass is 356 g/mol. The summed E-state index contributed by atoms with van der Waals surface area (Å²) >= 11 is 0. The molecule has 0 bridgehead atoms. The van der Waals surface area contributed by atoms with E-state index in [9.17, 15) is 14.7 Å². The molecule has 1 aromatic rings. The van der Waals surface area contributed by atoms with E-state index in [1.165, 1.54) is 19.3 Å². The van der Waals surface area contributed by atoms with Crippen LogP contribution in [0.1, 0.15) is 44.7 Å². The number of aliphatic hydroxyl groups excluding tert-OH is 1. The number of amides is 1. The molecule has 26 heavy (non-hydrogen) atoms. The molecule has 0 spiro atoms. The van der Waals surface area contributed by atoms with Gasteiger partial charge in [0, 0.05) is 19.0 Å². The first-order valence-electron chi connectivity index (χ1n) is 9.56. The van der Waals surface area contributed by atoms with Gasteiger partial charge in [-0.15, -0.1) is 0 Å². The third kappa shape index (κ3) is 3.68. The molecule has 1 saturated heterocycles. The van der Waals surface area contributed by atoms with E-state index >= 15 is 0 Å². The van der Waals surface area contributed by atoms with Crippen molar-refractivity contribution in [2.24, 2.45) is 5.92 Å². The summed E-state index contributed by atoms with van der Waals surface area (Å²) in [6.45, 7) is 6.98. The molecule has 0 aliphatic carbocycles. The largest absolute Gasteiger partial charge is 0.503 e. The maximum atomic E-state index is 12.7. The van der Waals surface area contributed by atoms with Crippen molar-refractivity contribution in [3.05, 3.63) is 47.2 Å². The molecule has 5 nitrogen and oxygen atoms in total. The summed E-state index contributed by atoms with van der Waals surface area (Å²) in [5.74, 6) is -1.24. The van der Waals surface area contributed by atoms with Crippen LogP contribution in [0.3, 0.4) is 0 Å². The van der Waals surface area contributed by atoms with Crippen molar-refractivity contribution in [2.75, 3.05) is 26.2 Å². The summed E-state index contributed by atoms with van der Waals surface area (Å²) in [5, 5.41) is 10.5. The lowest BCUT2D eigenvalue weighted by Gasteiger charge is -2.32. The molecular formula is C21H28N2O3. The number of aliphatic hydroxyl groups is 1. The average molecular weight is 356 g/mol. The van der Waals surface area contributed by atoms with Crippen LogP contribution in [0.25, 0.3) is 0 Å². The number of ketones is 1. The SMILES string of the molecule is CC(C)C(=O)C1=C(O)C(=O)N(CCN2CCCCC2)C1c1ccccc1. The van der Waals surface area contributed by atoms with E-state index in [2.05, 4.69) is 4.90 Å². The number of rotatable bonds is 6. The van der Waals surface area contributed by atoms with Gasteiger partial charge in [-0.3, -0.25) is 9.59 Å². The van der Waals surface area contributed by atoms with Gasteiger partial charge in [0.05, 0.1) is 11.6 Å². The summed E-state index contributed by atoms with van der Waals surface area (Å²) in [5.41, 5.74) is 1.11. The predicted molar refractivity (Wildman–Crippen MR) is 101 cm³/mol. The zero-order valence-electron chi connectivity index (χ0n) is 15.6. The highest BCUT2D eigenvalue weighted by Gasteiger charge is 2.43. The fraction of sp³-hybridized carbons (Fsp3) is 0.524. The lowest BCUT2D eigenvalue weighted by atomic mass is 9.91. The van der Waals surface area contributed by atoms with Gasteiger partial charge in [0.25, 0.3) is 5.91 Å². The standard InChI is InChI=1S/C21H28N2O3/c1-15(2)19(24)17-18(16-9-5-3-6-10-16)23(21(26)20(17)25)14-13-22-11-7-4-8-12-22/h3,5-6,9-10,15,18,25H,4,7-8,11-14H2,1-2H3. The third-order valence-corrected chi connectivity index (χ3v) is 5.31. The number of carbonyl (C=O) groups is 2. The summed E-state index contributed by atoms with van der Waals surface area (Å²) in [4.78, 5) is 29.5. The number of hydrogen-bond donors (Lipinski definition) is 1. The molecule has 140 valence electrons. The van der Waals surface area contributed by atoms with Crippen LogP contribution in [0.2, 0.25) is 0 Å². The number of hydrogen-bond acceptors (Lipinski definition) is 4. The Labute approximate surface area is 155 Å². The second kappa shape index (κ2) is 8.04. The molecule has 0 saturated carbocycles. The highest BCUT2D eigenvalue weighted by atomic mass is 16.3. The van der Waals surface area contributed by atoms with E-state index in [0.29, 0.717) is 6.54 Å². The Hall–Kier alpha value is -2.14. The molecule has 0 aromatic heterocycles. The Balaban J connectivity index is 1.87. The first-order chi connectivity index (χ1) is 12.5. The minimum absolute atomic E-state index is 0.162. The zero-order chi connectivity index (χ0) is 18.7. The molecule has 2 aliphatic rings. The fourth-order valence-corrected chi connectivity index (χ4v) is 3.86. The molecule has 3 rings (SSSR count). The minimum Gasteiger partial charge on any atom is -0.503 e. The fourth-order valence-electron chi connectivity index (χ4n) is 3.86. The highest BCUT2D eigenvalue weighted by Crippen LogP contribution is 2.38. The topological polar surface area (TPSA) is 60.9 Å². The van der Waals surface area contributed by atoms with E-state index in [4.69, 9.17) is 0 Å². The summed E-state index contributed by atoms with van der Waals surface area (Å²) in [6, 6.07) is 9.04.